The van der Waals surface area contributed by atoms with Gasteiger partial charge in [0, 0.05) is 18.4 Å². The topological polar surface area (TPSA) is 18.5 Å². The van der Waals surface area contributed by atoms with E-state index in [1.807, 2.05) is 18.2 Å². The summed E-state index contributed by atoms with van der Waals surface area (Å²) in [5, 5.41) is 0. The molecule has 0 spiro atoms. The van der Waals surface area contributed by atoms with Gasteiger partial charge in [0.05, 0.1) is 0 Å². The zero-order chi connectivity index (χ0) is 10.8. The van der Waals surface area contributed by atoms with E-state index in [-0.39, 0.29) is 12.2 Å². The van der Waals surface area contributed by atoms with Crippen molar-refractivity contribution < 1.29 is 9.47 Å². The van der Waals surface area contributed by atoms with E-state index < -0.39 is 0 Å². The van der Waals surface area contributed by atoms with Gasteiger partial charge in [0.1, 0.15) is 18.0 Å². The van der Waals surface area contributed by atoms with Crippen LogP contribution in [0.15, 0.2) is 24.3 Å². The Morgan fingerprint density at radius 1 is 1.33 bits per heavy atom. The second kappa shape index (κ2) is 4.54. The number of benzene rings is 1. The van der Waals surface area contributed by atoms with Crippen molar-refractivity contribution in [2.24, 2.45) is 0 Å². The minimum absolute atomic E-state index is 0.171. The highest BCUT2D eigenvalue weighted by atomic mass is 79.9. The fraction of sp³-hybridized carbons (Fsp3) is 0.500. The van der Waals surface area contributed by atoms with Crippen LogP contribution in [0.2, 0.25) is 0 Å². The molecule has 3 heteroatoms. The molecule has 1 aliphatic rings. The first-order chi connectivity index (χ1) is 7.22. The number of halogens is 1. The van der Waals surface area contributed by atoms with E-state index in [2.05, 4.69) is 28.9 Å². The average Bonchev–Trinajstić information content (AvgIpc) is 2.20. The molecule has 0 aliphatic heterocycles. The minimum Gasteiger partial charge on any atom is -0.487 e. The summed E-state index contributed by atoms with van der Waals surface area (Å²) in [6, 6.07) is 8.07. The molecule has 15 heavy (non-hydrogen) atoms. The molecule has 0 saturated heterocycles. The molecule has 1 aromatic rings. The smallest absolute Gasteiger partial charge is 0.127 e. The van der Waals surface area contributed by atoms with Crippen molar-refractivity contribution in [2.45, 2.75) is 30.4 Å². The Morgan fingerprint density at radius 2 is 2.07 bits per heavy atom. The third kappa shape index (κ3) is 2.18. The van der Waals surface area contributed by atoms with Crippen molar-refractivity contribution in [1.82, 2.24) is 0 Å². The summed E-state index contributed by atoms with van der Waals surface area (Å²) in [5.41, 5.74) is 1.17. The van der Waals surface area contributed by atoms with Crippen LogP contribution in [0.1, 0.15) is 12.0 Å². The maximum Gasteiger partial charge on any atom is 0.127 e. The van der Waals surface area contributed by atoms with Crippen molar-refractivity contribution >= 4 is 15.9 Å². The van der Waals surface area contributed by atoms with Crippen LogP contribution in [0.4, 0.5) is 0 Å². The van der Waals surface area contributed by atoms with E-state index in [1.54, 1.807) is 7.11 Å². The van der Waals surface area contributed by atoms with Gasteiger partial charge in [-0.15, -0.1) is 0 Å². The number of rotatable bonds is 3. The molecule has 0 N–H and O–H groups in total. The largest absolute Gasteiger partial charge is 0.487 e. The lowest BCUT2D eigenvalue weighted by Gasteiger charge is -2.40. The zero-order valence-electron chi connectivity index (χ0n) is 8.94. The Kier molecular flexibility index (Phi) is 3.32. The lowest BCUT2D eigenvalue weighted by Crippen LogP contribution is -2.51. The monoisotopic (exact) mass is 270 g/mol. The third-order valence-corrected chi connectivity index (χ3v) is 3.72. The first-order valence-corrected chi connectivity index (χ1v) is 6.03. The number of para-hydroxylation sites is 1. The number of hydrogen-bond donors (Lipinski definition) is 0. The molecule has 1 saturated carbocycles. The van der Waals surface area contributed by atoms with Gasteiger partial charge in [0.2, 0.25) is 0 Å². The molecule has 2 nitrogen and oxygen atoms in total. The lowest BCUT2D eigenvalue weighted by molar-refractivity contribution is -0.0547. The Morgan fingerprint density at radius 3 is 2.67 bits per heavy atom. The van der Waals surface area contributed by atoms with E-state index in [1.165, 1.54) is 5.56 Å². The van der Waals surface area contributed by atoms with Crippen LogP contribution in [0.5, 0.6) is 5.75 Å². The molecule has 3 atom stereocenters. The summed E-state index contributed by atoms with van der Waals surface area (Å²) in [7, 11) is 1.73. The Bertz CT molecular complexity index is 340. The second-order valence-electron chi connectivity index (χ2n) is 3.87. The fourth-order valence-corrected chi connectivity index (χ4v) is 2.72. The van der Waals surface area contributed by atoms with E-state index >= 15 is 0 Å². The van der Waals surface area contributed by atoms with Gasteiger partial charge in [-0.2, -0.15) is 0 Å². The van der Waals surface area contributed by atoms with Crippen LogP contribution in [-0.4, -0.2) is 24.1 Å². The van der Waals surface area contributed by atoms with Crippen molar-refractivity contribution in [3.63, 3.8) is 0 Å². The van der Waals surface area contributed by atoms with Crippen LogP contribution in [-0.2, 0) is 4.74 Å². The number of methoxy groups -OCH3 is 1. The van der Waals surface area contributed by atoms with E-state index in [4.69, 9.17) is 9.47 Å². The molecule has 1 fully saturated rings. The predicted octanol–water partition coefficient (Wildman–Crippen LogP) is 2.92. The molecule has 82 valence electrons. The van der Waals surface area contributed by atoms with Gasteiger partial charge in [0.15, 0.2) is 0 Å². The molecule has 0 amide bonds. The van der Waals surface area contributed by atoms with Gasteiger partial charge < -0.3 is 9.47 Å². The van der Waals surface area contributed by atoms with Crippen LogP contribution < -0.4 is 4.74 Å². The molecule has 2 rings (SSSR count). The highest BCUT2D eigenvalue weighted by molar-refractivity contribution is 9.09. The second-order valence-corrected chi connectivity index (χ2v) is 5.05. The molecule has 0 radical (unpaired) electrons. The first-order valence-electron chi connectivity index (χ1n) is 5.11. The average molecular weight is 271 g/mol. The molecule has 1 aliphatic carbocycles. The normalized spacial score (nSPS) is 29.7. The summed E-state index contributed by atoms with van der Waals surface area (Å²) in [6.07, 6.45) is 1.36. The van der Waals surface area contributed by atoms with E-state index in [0.29, 0.717) is 4.83 Å². The third-order valence-electron chi connectivity index (χ3n) is 2.82. The number of ether oxygens (including phenoxy) is 2. The maximum atomic E-state index is 5.90. The Hall–Kier alpha value is -0.540. The maximum absolute atomic E-state index is 5.90. The van der Waals surface area contributed by atoms with Crippen molar-refractivity contribution in [2.75, 3.05) is 7.11 Å². The van der Waals surface area contributed by atoms with Gasteiger partial charge in [-0.05, 0) is 18.6 Å². The standard InChI is InChI=1S/C12H15BrO2/c1-8-5-3-4-6-10(8)15-11-7-9(13)12(11)14-2/h3-6,9,11-12H,7H2,1-2H3. The van der Waals surface area contributed by atoms with Gasteiger partial charge in [-0.1, -0.05) is 34.1 Å². The molecule has 0 bridgehead atoms. The highest BCUT2D eigenvalue weighted by Crippen LogP contribution is 2.34. The molecular formula is C12H15BrO2. The van der Waals surface area contributed by atoms with Crippen LogP contribution >= 0.6 is 15.9 Å². The van der Waals surface area contributed by atoms with Gasteiger partial charge >= 0.3 is 0 Å². The summed E-state index contributed by atoms with van der Waals surface area (Å²) >= 11 is 3.55. The summed E-state index contributed by atoms with van der Waals surface area (Å²) in [6.45, 7) is 2.06. The van der Waals surface area contributed by atoms with Crippen molar-refractivity contribution in [3.05, 3.63) is 29.8 Å². The van der Waals surface area contributed by atoms with E-state index in [9.17, 15) is 0 Å². The molecule has 0 heterocycles. The molecule has 0 aromatic heterocycles. The van der Waals surface area contributed by atoms with E-state index in [0.717, 1.165) is 12.2 Å². The van der Waals surface area contributed by atoms with Gasteiger partial charge in [-0.25, -0.2) is 0 Å². The van der Waals surface area contributed by atoms with Crippen LogP contribution in [0.3, 0.4) is 0 Å². The molecular weight excluding hydrogens is 256 g/mol. The Labute approximate surface area is 98.7 Å². The molecule has 1 aromatic carbocycles. The first kappa shape index (κ1) is 11.0. The SMILES string of the molecule is COC1C(Br)CC1Oc1ccccc1C. The minimum atomic E-state index is 0.171. The van der Waals surface area contributed by atoms with Crippen LogP contribution in [0.25, 0.3) is 0 Å². The van der Waals surface area contributed by atoms with Crippen molar-refractivity contribution in [3.8, 4) is 5.75 Å². The van der Waals surface area contributed by atoms with Gasteiger partial charge in [0.25, 0.3) is 0 Å². The summed E-state index contributed by atoms with van der Waals surface area (Å²) < 4.78 is 11.3. The number of alkyl halides is 1. The zero-order valence-corrected chi connectivity index (χ0v) is 10.5. The molecule has 3 unspecified atom stereocenters. The number of aryl methyl sites for hydroxylation is 1. The fourth-order valence-electron chi connectivity index (χ4n) is 1.79. The quantitative estimate of drug-likeness (QED) is 0.787. The van der Waals surface area contributed by atoms with Gasteiger partial charge in [-0.3, -0.25) is 0 Å². The number of hydrogen-bond acceptors (Lipinski definition) is 2. The predicted molar refractivity (Wildman–Crippen MR) is 63.7 cm³/mol. The van der Waals surface area contributed by atoms with Crippen molar-refractivity contribution in [1.29, 1.82) is 0 Å². The Balaban J connectivity index is 2.01. The summed E-state index contributed by atoms with van der Waals surface area (Å²) in [5.74, 6) is 0.962. The van der Waals surface area contributed by atoms with Crippen LogP contribution in [0, 0.1) is 6.92 Å². The highest BCUT2D eigenvalue weighted by Gasteiger charge is 2.41. The lowest BCUT2D eigenvalue weighted by atomic mass is 9.91. The summed E-state index contributed by atoms with van der Waals surface area (Å²) in [4.78, 5) is 0.427.